The van der Waals surface area contributed by atoms with Gasteiger partial charge in [0, 0.05) is 11.3 Å². The standard InChI is InChI=1S/C12H11N5O/c1-6-14-12(13)11(17-16-6)7-2-3-9-8(4-7)5-10(18)15-9/h2-4H,5H2,1H3,(H,15,18)(H2,13,14,16). The molecule has 2 aromatic rings. The Labute approximate surface area is 103 Å². The summed E-state index contributed by atoms with van der Waals surface area (Å²) in [6, 6.07) is 5.59. The molecule has 1 aliphatic heterocycles. The van der Waals surface area contributed by atoms with Crippen molar-refractivity contribution in [2.24, 2.45) is 0 Å². The van der Waals surface area contributed by atoms with Crippen molar-refractivity contribution in [2.75, 3.05) is 11.1 Å². The number of nitrogen functional groups attached to an aromatic ring is 1. The predicted octanol–water partition coefficient (Wildman–Crippen LogP) is 0.924. The van der Waals surface area contributed by atoms with Crippen molar-refractivity contribution in [3.63, 3.8) is 0 Å². The number of aryl methyl sites for hydroxylation is 1. The maximum absolute atomic E-state index is 11.3. The lowest BCUT2D eigenvalue weighted by Gasteiger charge is -2.05. The second kappa shape index (κ2) is 3.76. The molecule has 0 saturated carbocycles. The molecule has 0 bridgehead atoms. The van der Waals surface area contributed by atoms with E-state index in [1.165, 1.54) is 0 Å². The zero-order valence-corrected chi connectivity index (χ0v) is 9.77. The van der Waals surface area contributed by atoms with Crippen molar-refractivity contribution in [3.05, 3.63) is 29.6 Å². The number of rotatable bonds is 1. The minimum atomic E-state index is 0.00300. The van der Waals surface area contributed by atoms with Crippen LogP contribution in [0.5, 0.6) is 0 Å². The summed E-state index contributed by atoms with van der Waals surface area (Å²) in [6.45, 7) is 1.73. The fraction of sp³-hybridized carbons (Fsp3) is 0.167. The van der Waals surface area contributed by atoms with E-state index in [-0.39, 0.29) is 5.91 Å². The largest absolute Gasteiger partial charge is 0.382 e. The predicted molar refractivity (Wildman–Crippen MR) is 66.7 cm³/mol. The molecule has 3 N–H and O–H groups in total. The number of carbonyl (C=O) groups is 1. The average Bonchev–Trinajstić information content (AvgIpc) is 2.68. The normalized spacial score (nSPS) is 13.3. The summed E-state index contributed by atoms with van der Waals surface area (Å²) in [5, 5.41) is 10.7. The van der Waals surface area contributed by atoms with Crippen LogP contribution >= 0.6 is 0 Å². The Morgan fingerprint density at radius 1 is 1.33 bits per heavy atom. The van der Waals surface area contributed by atoms with Gasteiger partial charge in [0.05, 0.1) is 6.42 Å². The number of carbonyl (C=O) groups excluding carboxylic acids is 1. The number of hydrogen-bond acceptors (Lipinski definition) is 5. The number of aromatic nitrogens is 3. The van der Waals surface area contributed by atoms with Crippen LogP contribution in [0.1, 0.15) is 11.4 Å². The van der Waals surface area contributed by atoms with Gasteiger partial charge < -0.3 is 11.1 Å². The number of benzene rings is 1. The maximum atomic E-state index is 11.3. The molecule has 0 aliphatic carbocycles. The lowest BCUT2D eigenvalue weighted by molar-refractivity contribution is -0.115. The Balaban J connectivity index is 2.08. The molecule has 1 aliphatic rings. The number of anilines is 2. The van der Waals surface area contributed by atoms with Gasteiger partial charge in [0.15, 0.2) is 5.82 Å². The van der Waals surface area contributed by atoms with Gasteiger partial charge in [-0.2, -0.15) is 0 Å². The highest BCUT2D eigenvalue weighted by atomic mass is 16.1. The van der Waals surface area contributed by atoms with Crippen LogP contribution in [0.2, 0.25) is 0 Å². The second-order valence-corrected chi connectivity index (χ2v) is 4.19. The SMILES string of the molecule is Cc1nnc(-c2ccc3c(c2)CC(=O)N3)c(N)n1. The fourth-order valence-corrected chi connectivity index (χ4v) is 2.01. The first-order valence-corrected chi connectivity index (χ1v) is 5.53. The molecular weight excluding hydrogens is 230 g/mol. The van der Waals surface area contributed by atoms with Gasteiger partial charge >= 0.3 is 0 Å². The highest BCUT2D eigenvalue weighted by Crippen LogP contribution is 2.29. The maximum Gasteiger partial charge on any atom is 0.228 e. The third-order valence-electron chi connectivity index (χ3n) is 2.82. The molecule has 1 aromatic heterocycles. The molecule has 0 spiro atoms. The lowest BCUT2D eigenvalue weighted by atomic mass is 10.1. The Bertz CT molecular complexity index is 653. The molecule has 6 heteroatoms. The highest BCUT2D eigenvalue weighted by Gasteiger charge is 2.18. The summed E-state index contributed by atoms with van der Waals surface area (Å²) in [4.78, 5) is 15.4. The minimum absolute atomic E-state index is 0.00300. The average molecular weight is 241 g/mol. The first kappa shape index (κ1) is 10.6. The van der Waals surface area contributed by atoms with E-state index in [0.29, 0.717) is 23.8 Å². The van der Waals surface area contributed by atoms with E-state index >= 15 is 0 Å². The molecular formula is C12H11N5O. The Morgan fingerprint density at radius 3 is 2.94 bits per heavy atom. The van der Waals surface area contributed by atoms with Crippen LogP contribution in [-0.4, -0.2) is 21.1 Å². The molecule has 6 nitrogen and oxygen atoms in total. The van der Waals surface area contributed by atoms with E-state index in [4.69, 9.17) is 5.73 Å². The summed E-state index contributed by atoms with van der Waals surface area (Å²) in [5.74, 6) is 0.886. The van der Waals surface area contributed by atoms with Crippen molar-refractivity contribution in [1.29, 1.82) is 0 Å². The quantitative estimate of drug-likeness (QED) is 0.774. The Hall–Kier alpha value is -2.50. The Morgan fingerprint density at radius 2 is 2.17 bits per heavy atom. The fourth-order valence-electron chi connectivity index (χ4n) is 2.01. The number of nitrogens with one attached hydrogen (secondary N) is 1. The zero-order chi connectivity index (χ0) is 12.7. The van der Waals surface area contributed by atoms with Crippen molar-refractivity contribution < 1.29 is 4.79 Å². The van der Waals surface area contributed by atoms with Crippen molar-refractivity contribution in [3.8, 4) is 11.3 Å². The minimum Gasteiger partial charge on any atom is -0.382 e. The van der Waals surface area contributed by atoms with Crippen LogP contribution < -0.4 is 11.1 Å². The van der Waals surface area contributed by atoms with Gasteiger partial charge in [-0.25, -0.2) is 4.98 Å². The van der Waals surface area contributed by atoms with E-state index in [2.05, 4.69) is 20.5 Å². The molecule has 18 heavy (non-hydrogen) atoms. The van der Waals surface area contributed by atoms with Crippen LogP contribution in [0.15, 0.2) is 18.2 Å². The smallest absolute Gasteiger partial charge is 0.228 e. The van der Waals surface area contributed by atoms with E-state index in [1.54, 1.807) is 6.92 Å². The zero-order valence-electron chi connectivity index (χ0n) is 9.77. The third-order valence-corrected chi connectivity index (χ3v) is 2.82. The van der Waals surface area contributed by atoms with Gasteiger partial charge in [0.2, 0.25) is 5.91 Å². The summed E-state index contributed by atoms with van der Waals surface area (Å²) >= 11 is 0. The summed E-state index contributed by atoms with van der Waals surface area (Å²) < 4.78 is 0. The van der Waals surface area contributed by atoms with Gasteiger partial charge in [-0.15, -0.1) is 10.2 Å². The van der Waals surface area contributed by atoms with E-state index in [9.17, 15) is 4.79 Å². The number of nitrogens with zero attached hydrogens (tertiary/aromatic N) is 3. The number of nitrogens with two attached hydrogens (primary N) is 1. The topological polar surface area (TPSA) is 93.8 Å². The highest BCUT2D eigenvalue weighted by molar-refractivity contribution is 5.99. The van der Waals surface area contributed by atoms with Gasteiger partial charge in [-0.05, 0) is 24.6 Å². The third kappa shape index (κ3) is 1.67. The van der Waals surface area contributed by atoms with Crippen LogP contribution in [0.3, 0.4) is 0 Å². The first-order chi connectivity index (χ1) is 8.63. The molecule has 0 radical (unpaired) electrons. The summed E-state index contributed by atoms with van der Waals surface area (Å²) in [6.07, 6.45) is 0.385. The molecule has 0 saturated heterocycles. The summed E-state index contributed by atoms with van der Waals surface area (Å²) in [7, 11) is 0. The number of amides is 1. The van der Waals surface area contributed by atoms with Crippen molar-refractivity contribution >= 4 is 17.4 Å². The number of hydrogen-bond donors (Lipinski definition) is 2. The summed E-state index contributed by atoms with van der Waals surface area (Å²) in [5.41, 5.74) is 8.98. The first-order valence-electron chi connectivity index (χ1n) is 5.53. The van der Waals surface area contributed by atoms with E-state index in [0.717, 1.165) is 16.8 Å². The molecule has 0 atom stereocenters. The molecule has 2 heterocycles. The van der Waals surface area contributed by atoms with E-state index in [1.807, 2.05) is 18.2 Å². The molecule has 0 unspecified atom stereocenters. The lowest BCUT2D eigenvalue weighted by Crippen LogP contribution is -2.03. The van der Waals surface area contributed by atoms with Crippen LogP contribution in [-0.2, 0) is 11.2 Å². The monoisotopic (exact) mass is 241 g/mol. The van der Waals surface area contributed by atoms with Crippen molar-refractivity contribution in [1.82, 2.24) is 15.2 Å². The van der Waals surface area contributed by atoms with Gasteiger partial charge in [-0.3, -0.25) is 4.79 Å². The molecule has 1 amide bonds. The Kier molecular flexibility index (Phi) is 2.22. The molecule has 3 rings (SSSR count). The van der Waals surface area contributed by atoms with Gasteiger partial charge in [-0.1, -0.05) is 6.07 Å². The number of fused-ring (bicyclic) bond motifs is 1. The molecule has 0 fully saturated rings. The molecule has 90 valence electrons. The second-order valence-electron chi connectivity index (χ2n) is 4.19. The van der Waals surface area contributed by atoms with Gasteiger partial charge in [0.1, 0.15) is 11.5 Å². The van der Waals surface area contributed by atoms with Crippen LogP contribution in [0, 0.1) is 6.92 Å². The molecule has 1 aromatic carbocycles. The van der Waals surface area contributed by atoms with Gasteiger partial charge in [0.25, 0.3) is 0 Å². The van der Waals surface area contributed by atoms with Crippen molar-refractivity contribution in [2.45, 2.75) is 13.3 Å². The van der Waals surface area contributed by atoms with Crippen LogP contribution in [0.4, 0.5) is 11.5 Å². The van der Waals surface area contributed by atoms with Crippen LogP contribution in [0.25, 0.3) is 11.3 Å². The van der Waals surface area contributed by atoms with E-state index < -0.39 is 0 Å².